The first-order chi connectivity index (χ1) is 12.4. The molecule has 0 aliphatic carbocycles. The van der Waals surface area contributed by atoms with Crippen LogP contribution in [-0.2, 0) is 9.84 Å². The van der Waals surface area contributed by atoms with Crippen molar-refractivity contribution in [3.63, 3.8) is 0 Å². The smallest absolute Gasteiger partial charge is 0.250 e. The van der Waals surface area contributed by atoms with Gasteiger partial charge in [0, 0.05) is 11.8 Å². The van der Waals surface area contributed by atoms with Crippen molar-refractivity contribution in [1.29, 1.82) is 0 Å². The molecule has 2 aromatic carbocycles. The van der Waals surface area contributed by atoms with Crippen molar-refractivity contribution in [3.8, 4) is 22.8 Å². The second-order valence-electron chi connectivity index (χ2n) is 5.78. The van der Waals surface area contributed by atoms with Crippen LogP contribution in [0.5, 0.6) is 0 Å². The third kappa shape index (κ3) is 2.91. The summed E-state index contributed by atoms with van der Waals surface area (Å²) in [6.07, 6.45) is 2.65. The van der Waals surface area contributed by atoms with Crippen molar-refractivity contribution in [2.45, 2.75) is 4.90 Å². The van der Waals surface area contributed by atoms with Crippen molar-refractivity contribution in [1.82, 2.24) is 15.0 Å². The highest BCUT2D eigenvalue weighted by Crippen LogP contribution is 2.28. The van der Waals surface area contributed by atoms with Gasteiger partial charge in [0.15, 0.2) is 26.9 Å². The predicted octanol–water partition coefficient (Wildman–Crippen LogP) is 2.94. The lowest BCUT2D eigenvalue weighted by molar-refractivity contribution is 0.602. The zero-order chi connectivity index (χ0) is 18.3. The standard InChI is InChI=1S/C18H14N4O3S/c1-26(23,24)12-6-4-5-11(9-12)14-10-20-17(19)16(21-14)18-22-13-7-2-3-8-15(13)25-18/h2-10H,1H3,(H2,19,20). The van der Waals surface area contributed by atoms with Crippen LogP contribution in [0.15, 0.2) is 64.0 Å². The molecule has 0 amide bonds. The quantitative estimate of drug-likeness (QED) is 0.593. The molecule has 4 rings (SSSR count). The monoisotopic (exact) mass is 366 g/mol. The molecule has 0 aliphatic heterocycles. The number of rotatable bonds is 3. The van der Waals surface area contributed by atoms with Gasteiger partial charge < -0.3 is 10.2 Å². The summed E-state index contributed by atoms with van der Waals surface area (Å²) in [6.45, 7) is 0. The van der Waals surface area contributed by atoms with Crippen LogP contribution in [-0.4, -0.2) is 29.6 Å². The zero-order valence-corrected chi connectivity index (χ0v) is 14.6. The minimum absolute atomic E-state index is 0.180. The lowest BCUT2D eigenvalue weighted by atomic mass is 10.1. The summed E-state index contributed by atoms with van der Waals surface area (Å²) in [6, 6.07) is 13.8. The van der Waals surface area contributed by atoms with E-state index in [-0.39, 0.29) is 16.6 Å². The molecule has 0 atom stereocenters. The maximum absolute atomic E-state index is 11.8. The van der Waals surface area contributed by atoms with E-state index in [1.165, 1.54) is 12.3 Å². The summed E-state index contributed by atoms with van der Waals surface area (Å²) < 4.78 is 29.3. The van der Waals surface area contributed by atoms with E-state index in [2.05, 4.69) is 15.0 Å². The lowest BCUT2D eigenvalue weighted by Gasteiger charge is -2.06. The van der Waals surface area contributed by atoms with E-state index in [9.17, 15) is 8.42 Å². The van der Waals surface area contributed by atoms with E-state index in [0.29, 0.717) is 28.1 Å². The van der Waals surface area contributed by atoms with Crippen LogP contribution in [0, 0.1) is 0 Å². The molecule has 0 aliphatic rings. The van der Waals surface area contributed by atoms with Gasteiger partial charge in [0.05, 0.1) is 16.8 Å². The van der Waals surface area contributed by atoms with Crippen molar-refractivity contribution in [3.05, 3.63) is 54.7 Å². The summed E-state index contributed by atoms with van der Waals surface area (Å²) in [4.78, 5) is 13.2. The number of hydrogen-bond acceptors (Lipinski definition) is 7. The molecule has 0 radical (unpaired) electrons. The fraction of sp³-hybridized carbons (Fsp3) is 0.0556. The second kappa shape index (κ2) is 5.92. The first-order valence-corrected chi connectivity index (χ1v) is 9.60. The van der Waals surface area contributed by atoms with Gasteiger partial charge in [-0.05, 0) is 24.3 Å². The number of anilines is 1. The Morgan fingerprint density at radius 3 is 2.62 bits per heavy atom. The number of para-hydroxylation sites is 2. The Balaban J connectivity index is 1.84. The Kier molecular flexibility index (Phi) is 3.69. The maximum atomic E-state index is 11.8. The van der Waals surface area contributed by atoms with Crippen molar-refractivity contribution in [2.75, 3.05) is 12.0 Å². The molecule has 0 spiro atoms. The Morgan fingerprint density at radius 2 is 1.85 bits per heavy atom. The number of sulfone groups is 1. The molecule has 0 fully saturated rings. The molecule has 0 saturated heterocycles. The molecular weight excluding hydrogens is 352 g/mol. The van der Waals surface area contributed by atoms with Gasteiger partial charge in [0.2, 0.25) is 5.89 Å². The summed E-state index contributed by atoms with van der Waals surface area (Å²) in [5.41, 5.74) is 8.65. The van der Waals surface area contributed by atoms with Gasteiger partial charge in [-0.1, -0.05) is 24.3 Å². The summed E-state index contributed by atoms with van der Waals surface area (Å²) in [5.74, 6) is 0.442. The number of nitrogens with zero attached hydrogens (tertiary/aromatic N) is 3. The number of aromatic nitrogens is 3. The van der Waals surface area contributed by atoms with Gasteiger partial charge in [-0.3, -0.25) is 0 Å². The van der Waals surface area contributed by atoms with Crippen LogP contribution in [0.2, 0.25) is 0 Å². The van der Waals surface area contributed by atoms with E-state index in [4.69, 9.17) is 10.2 Å². The fourth-order valence-corrected chi connectivity index (χ4v) is 3.22. The predicted molar refractivity (Wildman–Crippen MR) is 98.0 cm³/mol. The molecule has 2 aromatic heterocycles. The minimum atomic E-state index is -3.32. The Bertz CT molecular complexity index is 1200. The normalized spacial score (nSPS) is 11.7. The van der Waals surface area contributed by atoms with E-state index in [1.807, 2.05) is 18.2 Å². The average Bonchev–Trinajstić information content (AvgIpc) is 3.05. The number of nitrogens with two attached hydrogens (primary N) is 1. The SMILES string of the molecule is CS(=O)(=O)c1cccc(-c2cnc(N)c(-c3nc4ccccc4o3)n2)c1. The summed E-state index contributed by atoms with van der Waals surface area (Å²) >= 11 is 0. The number of hydrogen-bond donors (Lipinski definition) is 1. The van der Waals surface area contributed by atoms with Gasteiger partial charge in [-0.15, -0.1) is 0 Å². The topological polar surface area (TPSA) is 112 Å². The highest BCUT2D eigenvalue weighted by molar-refractivity contribution is 7.90. The number of fused-ring (bicyclic) bond motifs is 1. The third-order valence-electron chi connectivity index (χ3n) is 3.86. The Hall–Kier alpha value is -3.26. The lowest BCUT2D eigenvalue weighted by Crippen LogP contribution is -2.00. The molecule has 130 valence electrons. The van der Waals surface area contributed by atoms with Gasteiger partial charge in [-0.2, -0.15) is 0 Å². The zero-order valence-electron chi connectivity index (χ0n) is 13.7. The van der Waals surface area contributed by atoms with Crippen LogP contribution < -0.4 is 5.73 Å². The van der Waals surface area contributed by atoms with Crippen molar-refractivity contribution in [2.24, 2.45) is 0 Å². The molecule has 4 aromatic rings. The summed E-state index contributed by atoms with van der Waals surface area (Å²) in [5, 5.41) is 0. The minimum Gasteiger partial charge on any atom is -0.435 e. The van der Waals surface area contributed by atoms with Crippen LogP contribution in [0.4, 0.5) is 5.82 Å². The van der Waals surface area contributed by atoms with Crippen LogP contribution in [0.1, 0.15) is 0 Å². The first kappa shape index (κ1) is 16.2. The number of benzene rings is 2. The van der Waals surface area contributed by atoms with Crippen LogP contribution >= 0.6 is 0 Å². The molecule has 2 heterocycles. The molecule has 7 nitrogen and oxygen atoms in total. The highest BCUT2D eigenvalue weighted by Gasteiger charge is 2.16. The molecular formula is C18H14N4O3S. The van der Waals surface area contributed by atoms with Crippen molar-refractivity contribution < 1.29 is 12.8 Å². The van der Waals surface area contributed by atoms with Crippen molar-refractivity contribution >= 4 is 26.8 Å². The summed E-state index contributed by atoms with van der Waals surface area (Å²) in [7, 11) is -3.32. The number of oxazole rings is 1. The molecule has 2 N–H and O–H groups in total. The highest BCUT2D eigenvalue weighted by atomic mass is 32.2. The Labute approximate surface area is 149 Å². The fourth-order valence-electron chi connectivity index (χ4n) is 2.55. The van der Waals surface area contributed by atoms with Gasteiger partial charge in [0.25, 0.3) is 0 Å². The van der Waals surface area contributed by atoms with E-state index in [1.54, 1.807) is 24.3 Å². The largest absolute Gasteiger partial charge is 0.435 e. The third-order valence-corrected chi connectivity index (χ3v) is 4.97. The second-order valence-corrected chi connectivity index (χ2v) is 7.79. The van der Waals surface area contributed by atoms with Gasteiger partial charge in [-0.25, -0.2) is 23.4 Å². The molecule has 8 heteroatoms. The molecule has 26 heavy (non-hydrogen) atoms. The van der Waals surface area contributed by atoms with Gasteiger partial charge >= 0.3 is 0 Å². The van der Waals surface area contributed by atoms with Gasteiger partial charge in [0.1, 0.15) is 5.52 Å². The van der Waals surface area contributed by atoms with E-state index >= 15 is 0 Å². The molecule has 0 bridgehead atoms. The maximum Gasteiger partial charge on any atom is 0.250 e. The van der Waals surface area contributed by atoms with Crippen LogP contribution in [0.3, 0.4) is 0 Å². The van der Waals surface area contributed by atoms with E-state index < -0.39 is 9.84 Å². The van der Waals surface area contributed by atoms with Crippen LogP contribution in [0.25, 0.3) is 33.9 Å². The van der Waals surface area contributed by atoms with E-state index in [0.717, 1.165) is 6.26 Å². The molecule has 0 saturated carbocycles. The number of nitrogen functional groups attached to an aromatic ring is 1. The first-order valence-electron chi connectivity index (χ1n) is 7.71. The average molecular weight is 366 g/mol. The molecule has 0 unspecified atom stereocenters. The Morgan fingerprint density at radius 1 is 1.04 bits per heavy atom.